The van der Waals surface area contributed by atoms with Crippen LogP contribution in [0.5, 0.6) is 0 Å². The van der Waals surface area contributed by atoms with E-state index in [1.54, 1.807) is 11.3 Å². The van der Waals surface area contributed by atoms with Gasteiger partial charge in [0.25, 0.3) is 0 Å². The smallest absolute Gasteiger partial charge is 0.223 e. The second-order valence-electron chi connectivity index (χ2n) is 6.72. The number of nitrogens with zero attached hydrogens (tertiary/aromatic N) is 3. The van der Waals surface area contributed by atoms with Gasteiger partial charge in [-0.05, 0) is 51.9 Å². The molecule has 0 aromatic carbocycles. The van der Waals surface area contributed by atoms with E-state index in [-0.39, 0.29) is 5.91 Å². The van der Waals surface area contributed by atoms with Crippen molar-refractivity contribution >= 4 is 22.4 Å². The molecular formula is C20H24N4OS. The van der Waals surface area contributed by atoms with E-state index in [1.807, 2.05) is 26.1 Å². The quantitative estimate of drug-likeness (QED) is 0.844. The molecule has 6 heteroatoms. The molecule has 0 radical (unpaired) electrons. The molecule has 2 aromatic heterocycles. The Morgan fingerprint density at radius 3 is 2.81 bits per heavy atom. The molecule has 0 saturated carbocycles. The Morgan fingerprint density at radius 1 is 1.35 bits per heavy atom. The number of rotatable bonds is 3. The summed E-state index contributed by atoms with van der Waals surface area (Å²) in [5.41, 5.74) is 3.08. The van der Waals surface area contributed by atoms with Gasteiger partial charge in [0.05, 0.1) is 5.69 Å². The second kappa shape index (κ2) is 8.43. The van der Waals surface area contributed by atoms with Crippen LogP contribution in [-0.2, 0) is 11.3 Å². The summed E-state index contributed by atoms with van der Waals surface area (Å²) in [7, 11) is 0. The van der Waals surface area contributed by atoms with Crippen LogP contribution >= 0.6 is 11.3 Å². The summed E-state index contributed by atoms with van der Waals surface area (Å²) in [4.78, 5) is 23.4. The zero-order valence-electron chi connectivity index (χ0n) is 15.5. The van der Waals surface area contributed by atoms with Crippen molar-refractivity contribution in [1.82, 2.24) is 14.9 Å². The SMILES string of the molecule is CC(=O)Nc1ncc(CN2CCC(C#Cc3ccc(C)nc3C)CC2)s1. The summed E-state index contributed by atoms with van der Waals surface area (Å²) in [5, 5.41) is 3.41. The average molecular weight is 369 g/mol. The predicted molar refractivity (Wildman–Crippen MR) is 105 cm³/mol. The van der Waals surface area contributed by atoms with E-state index in [0.29, 0.717) is 11.0 Å². The monoisotopic (exact) mass is 368 g/mol. The fraction of sp³-hybridized carbons (Fsp3) is 0.450. The van der Waals surface area contributed by atoms with Crippen LogP contribution < -0.4 is 5.32 Å². The summed E-state index contributed by atoms with van der Waals surface area (Å²) in [5.74, 6) is 7.12. The van der Waals surface area contributed by atoms with Crippen molar-refractivity contribution < 1.29 is 4.79 Å². The first-order valence-electron chi connectivity index (χ1n) is 8.90. The molecule has 1 fully saturated rings. The number of amides is 1. The lowest BCUT2D eigenvalue weighted by molar-refractivity contribution is -0.114. The van der Waals surface area contributed by atoms with E-state index in [0.717, 1.165) is 49.4 Å². The van der Waals surface area contributed by atoms with Gasteiger partial charge >= 0.3 is 0 Å². The number of pyridine rings is 1. The number of thiazole rings is 1. The molecular weight excluding hydrogens is 344 g/mol. The lowest BCUT2D eigenvalue weighted by Crippen LogP contribution is -2.32. The number of likely N-dealkylation sites (tertiary alicyclic amines) is 1. The summed E-state index contributed by atoms with van der Waals surface area (Å²) >= 11 is 1.55. The molecule has 3 rings (SSSR count). The summed E-state index contributed by atoms with van der Waals surface area (Å²) in [6, 6.07) is 4.08. The van der Waals surface area contributed by atoms with Gasteiger partial charge in [0.15, 0.2) is 5.13 Å². The van der Waals surface area contributed by atoms with Gasteiger partial charge in [-0.2, -0.15) is 0 Å². The highest BCUT2D eigenvalue weighted by molar-refractivity contribution is 7.15. The number of piperidine rings is 1. The molecule has 0 bridgehead atoms. The Kier molecular flexibility index (Phi) is 6.02. The topological polar surface area (TPSA) is 58.1 Å². The fourth-order valence-electron chi connectivity index (χ4n) is 3.04. The van der Waals surface area contributed by atoms with Crippen molar-refractivity contribution in [3.63, 3.8) is 0 Å². The molecule has 0 unspecified atom stereocenters. The maximum atomic E-state index is 11.1. The Balaban J connectivity index is 1.51. The van der Waals surface area contributed by atoms with E-state index in [4.69, 9.17) is 0 Å². The van der Waals surface area contributed by atoms with Gasteiger partial charge in [-0.25, -0.2) is 4.98 Å². The lowest BCUT2D eigenvalue weighted by atomic mass is 9.97. The van der Waals surface area contributed by atoms with Crippen molar-refractivity contribution in [2.45, 2.75) is 40.2 Å². The molecule has 1 N–H and O–H groups in total. The van der Waals surface area contributed by atoms with Crippen LogP contribution in [0.3, 0.4) is 0 Å². The summed E-state index contributed by atoms with van der Waals surface area (Å²) in [6.45, 7) is 8.49. The van der Waals surface area contributed by atoms with Crippen LogP contribution in [0.2, 0.25) is 0 Å². The first-order valence-corrected chi connectivity index (χ1v) is 9.71. The van der Waals surface area contributed by atoms with Crippen LogP contribution in [0.25, 0.3) is 0 Å². The van der Waals surface area contributed by atoms with E-state index >= 15 is 0 Å². The highest BCUT2D eigenvalue weighted by Crippen LogP contribution is 2.23. The third-order valence-corrected chi connectivity index (χ3v) is 5.34. The standard InChI is InChI=1S/C20H24N4OS/c1-14-4-6-18(15(2)22-14)7-5-17-8-10-24(11-9-17)13-19-12-21-20(26-19)23-16(3)25/h4,6,12,17H,8-11,13H2,1-3H3,(H,21,23,25). The number of aromatic nitrogens is 2. The van der Waals surface area contributed by atoms with Crippen LogP contribution in [-0.4, -0.2) is 33.9 Å². The Labute approximate surface area is 158 Å². The van der Waals surface area contributed by atoms with Crippen LogP contribution in [0.4, 0.5) is 5.13 Å². The number of anilines is 1. The van der Waals surface area contributed by atoms with Crippen molar-refractivity contribution in [3.8, 4) is 11.8 Å². The summed E-state index contributed by atoms with van der Waals surface area (Å²) < 4.78 is 0. The number of hydrogen-bond acceptors (Lipinski definition) is 5. The largest absolute Gasteiger partial charge is 0.302 e. The minimum Gasteiger partial charge on any atom is -0.302 e. The van der Waals surface area contributed by atoms with Gasteiger partial charge in [-0.1, -0.05) is 11.8 Å². The van der Waals surface area contributed by atoms with E-state index < -0.39 is 0 Å². The number of aryl methyl sites for hydroxylation is 2. The van der Waals surface area contributed by atoms with Gasteiger partial charge in [0, 0.05) is 41.7 Å². The predicted octanol–water partition coefficient (Wildman–Crippen LogP) is 3.38. The zero-order valence-corrected chi connectivity index (χ0v) is 16.3. The Morgan fingerprint density at radius 2 is 2.12 bits per heavy atom. The fourth-order valence-corrected chi connectivity index (χ4v) is 3.94. The molecule has 1 aliphatic heterocycles. The summed E-state index contributed by atoms with van der Waals surface area (Å²) in [6.07, 6.45) is 4.03. The molecule has 3 heterocycles. The third kappa shape index (κ3) is 5.13. The van der Waals surface area contributed by atoms with Gasteiger partial charge in [-0.15, -0.1) is 11.3 Å². The molecule has 2 aromatic rings. The molecule has 1 saturated heterocycles. The number of carbonyl (C=O) groups is 1. The van der Waals surface area contributed by atoms with E-state index in [9.17, 15) is 4.79 Å². The molecule has 1 amide bonds. The van der Waals surface area contributed by atoms with Crippen molar-refractivity contribution in [2.75, 3.05) is 18.4 Å². The molecule has 5 nitrogen and oxygen atoms in total. The molecule has 0 aliphatic carbocycles. The average Bonchev–Trinajstić information content (AvgIpc) is 3.01. The van der Waals surface area contributed by atoms with Gasteiger partial charge in [0.1, 0.15) is 0 Å². The van der Waals surface area contributed by atoms with Gasteiger partial charge < -0.3 is 5.32 Å². The number of carbonyl (C=O) groups excluding carboxylic acids is 1. The first-order chi connectivity index (χ1) is 12.5. The lowest BCUT2D eigenvalue weighted by Gasteiger charge is -2.29. The van der Waals surface area contributed by atoms with E-state index in [2.05, 4.69) is 38.1 Å². The maximum Gasteiger partial charge on any atom is 0.223 e. The second-order valence-corrected chi connectivity index (χ2v) is 7.83. The van der Waals surface area contributed by atoms with Crippen molar-refractivity contribution in [3.05, 3.63) is 40.2 Å². The zero-order chi connectivity index (χ0) is 18.5. The highest BCUT2D eigenvalue weighted by atomic mass is 32.1. The Bertz CT molecular complexity index is 841. The molecule has 0 spiro atoms. The third-order valence-electron chi connectivity index (χ3n) is 4.44. The Hall–Kier alpha value is -2.23. The van der Waals surface area contributed by atoms with Crippen LogP contribution in [0.15, 0.2) is 18.3 Å². The minimum atomic E-state index is -0.0793. The normalized spacial score (nSPS) is 15.3. The molecule has 136 valence electrons. The van der Waals surface area contributed by atoms with Crippen molar-refractivity contribution in [1.29, 1.82) is 0 Å². The first kappa shape index (κ1) is 18.6. The maximum absolute atomic E-state index is 11.1. The number of hydrogen-bond donors (Lipinski definition) is 1. The van der Waals surface area contributed by atoms with Gasteiger partial charge in [-0.3, -0.25) is 14.7 Å². The number of nitrogens with one attached hydrogen (secondary N) is 1. The van der Waals surface area contributed by atoms with Gasteiger partial charge in [0.2, 0.25) is 5.91 Å². The van der Waals surface area contributed by atoms with Crippen LogP contribution in [0.1, 0.15) is 41.6 Å². The van der Waals surface area contributed by atoms with E-state index in [1.165, 1.54) is 11.8 Å². The highest BCUT2D eigenvalue weighted by Gasteiger charge is 2.18. The minimum absolute atomic E-state index is 0.0793. The van der Waals surface area contributed by atoms with Crippen molar-refractivity contribution in [2.24, 2.45) is 5.92 Å². The molecule has 26 heavy (non-hydrogen) atoms. The molecule has 1 aliphatic rings. The molecule has 0 atom stereocenters. The van der Waals surface area contributed by atoms with Crippen LogP contribution in [0, 0.1) is 31.6 Å².